The van der Waals surface area contributed by atoms with Gasteiger partial charge >= 0.3 is 0 Å². The molecule has 2 unspecified atom stereocenters. The van der Waals surface area contributed by atoms with Crippen LogP contribution in [0, 0.1) is 0 Å². The van der Waals surface area contributed by atoms with Crippen LogP contribution in [0.25, 0.3) is 0 Å². The first-order chi connectivity index (χ1) is 7.70. The minimum Gasteiger partial charge on any atom is -0.390 e. The number of aliphatic hydroxyl groups is 1. The van der Waals surface area contributed by atoms with Crippen LogP contribution in [0.5, 0.6) is 0 Å². The lowest BCUT2D eigenvalue weighted by atomic mass is 10.1. The van der Waals surface area contributed by atoms with Crippen LogP contribution < -0.4 is 5.32 Å². The normalized spacial score (nSPS) is 24.4. The molecule has 86 valence electrons. The van der Waals surface area contributed by atoms with E-state index in [0.29, 0.717) is 18.7 Å². The molecule has 0 saturated carbocycles. The Labute approximate surface area is 94.1 Å². The van der Waals surface area contributed by atoms with Crippen LogP contribution in [0.2, 0.25) is 0 Å². The van der Waals surface area contributed by atoms with Gasteiger partial charge in [-0.1, -0.05) is 0 Å². The number of pyridine rings is 1. The summed E-state index contributed by atoms with van der Waals surface area (Å²) in [5.41, 5.74) is 0.545. The Bertz CT molecular complexity index is 369. The van der Waals surface area contributed by atoms with E-state index in [1.54, 1.807) is 30.3 Å². The molecule has 2 atom stereocenters. The van der Waals surface area contributed by atoms with Gasteiger partial charge in [0.2, 0.25) is 0 Å². The Hall–Kier alpha value is -1.46. The summed E-state index contributed by atoms with van der Waals surface area (Å²) in [5.74, 6) is -0.110. The quantitative estimate of drug-likeness (QED) is 0.705. The van der Waals surface area contributed by atoms with Crippen molar-refractivity contribution in [1.82, 2.24) is 15.2 Å². The molecule has 1 amide bonds. The molecular weight excluding hydrogens is 206 g/mol. The van der Waals surface area contributed by atoms with E-state index >= 15 is 0 Å². The third-order valence-electron chi connectivity index (χ3n) is 2.88. The van der Waals surface area contributed by atoms with Gasteiger partial charge < -0.3 is 15.3 Å². The van der Waals surface area contributed by atoms with Crippen LogP contribution in [0.1, 0.15) is 10.4 Å². The van der Waals surface area contributed by atoms with Crippen molar-refractivity contribution < 1.29 is 9.90 Å². The molecule has 0 bridgehead atoms. The molecule has 0 aliphatic carbocycles. The summed E-state index contributed by atoms with van der Waals surface area (Å²) in [6.07, 6.45) is 2.67. The molecule has 16 heavy (non-hydrogen) atoms. The maximum absolute atomic E-state index is 12.0. The maximum atomic E-state index is 12.0. The molecule has 0 aromatic carbocycles. The molecule has 1 aromatic rings. The van der Waals surface area contributed by atoms with E-state index in [-0.39, 0.29) is 11.9 Å². The molecule has 0 spiro atoms. The molecule has 5 nitrogen and oxygen atoms in total. The van der Waals surface area contributed by atoms with Gasteiger partial charge in [-0.15, -0.1) is 0 Å². The fourth-order valence-corrected chi connectivity index (χ4v) is 1.89. The zero-order valence-electron chi connectivity index (χ0n) is 9.13. The number of nitrogens with zero attached hydrogens (tertiary/aromatic N) is 2. The number of aliphatic hydroxyl groups excluding tert-OH is 1. The zero-order valence-corrected chi connectivity index (χ0v) is 9.13. The zero-order chi connectivity index (χ0) is 11.5. The monoisotopic (exact) mass is 221 g/mol. The topological polar surface area (TPSA) is 65.5 Å². The Balaban J connectivity index is 2.10. The summed E-state index contributed by atoms with van der Waals surface area (Å²) >= 11 is 0. The molecule has 2 rings (SSSR count). The van der Waals surface area contributed by atoms with Crippen molar-refractivity contribution in [2.75, 3.05) is 20.1 Å². The number of rotatable bonds is 2. The number of aromatic nitrogens is 1. The molecule has 1 aliphatic rings. The highest BCUT2D eigenvalue weighted by Gasteiger charge is 2.31. The lowest BCUT2D eigenvalue weighted by molar-refractivity contribution is 0.0581. The third-order valence-corrected chi connectivity index (χ3v) is 2.88. The standard InChI is InChI=1S/C11H15N3O2/c1-14(9-6-13-7-10(9)15)11(16)8-3-2-4-12-5-8/h2-5,9-10,13,15H,6-7H2,1H3. The highest BCUT2D eigenvalue weighted by atomic mass is 16.3. The Kier molecular flexibility index (Phi) is 3.17. The van der Waals surface area contributed by atoms with Gasteiger partial charge in [0.15, 0.2) is 0 Å². The molecule has 2 N–H and O–H groups in total. The van der Waals surface area contributed by atoms with Crippen molar-refractivity contribution in [3.05, 3.63) is 30.1 Å². The summed E-state index contributed by atoms with van der Waals surface area (Å²) < 4.78 is 0. The van der Waals surface area contributed by atoms with Crippen LogP contribution >= 0.6 is 0 Å². The third kappa shape index (κ3) is 2.05. The summed E-state index contributed by atoms with van der Waals surface area (Å²) in [6.45, 7) is 1.17. The van der Waals surface area contributed by atoms with E-state index in [1.807, 2.05) is 0 Å². The van der Waals surface area contributed by atoms with Crippen molar-refractivity contribution in [1.29, 1.82) is 0 Å². The summed E-state index contributed by atoms with van der Waals surface area (Å²) in [7, 11) is 1.70. The minimum atomic E-state index is -0.495. The van der Waals surface area contributed by atoms with Crippen LogP contribution in [-0.4, -0.2) is 53.2 Å². The largest absolute Gasteiger partial charge is 0.390 e. The first-order valence-electron chi connectivity index (χ1n) is 5.26. The van der Waals surface area contributed by atoms with E-state index in [0.717, 1.165) is 0 Å². The maximum Gasteiger partial charge on any atom is 0.255 e. The average Bonchev–Trinajstić information content (AvgIpc) is 2.75. The molecule has 1 aliphatic heterocycles. The van der Waals surface area contributed by atoms with Gasteiger partial charge in [0.1, 0.15) is 0 Å². The van der Waals surface area contributed by atoms with Gasteiger partial charge in [0, 0.05) is 32.5 Å². The van der Waals surface area contributed by atoms with Gasteiger partial charge in [0.25, 0.3) is 5.91 Å². The summed E-state index contributed by atoms with van der Waals surface area (Å²) in [6, 6.07) is 3.29. The van der Waals surface area contributed by atoms with Crippen LogP contribution in [0.4, 0.5) is 0 Å². The number of hydrogen-bond acceptors (Lipinski definition) is 4. The second kappa shape index (κ2) is 4.59. The second-order valence-corrected chi connectivity index (χ2v) is 3.95. The van der Waals surface area contributed by atoms with Crippen LogP contribution in [0.15, 0.2) is 24.5 Å². The van der Waals surface area contributed by atoms with Gasteiger partial charge in [-0.2, -0.15) is 0 Å². The van der Waals surface area contributed by atoms with Crippen molar-refractivity contribution >= 4 is 5.91 Å². The Morgan fingerprint density at radius 2 is 2.44 bits per heavy atom. The van der Waals surface area contributed by atoms with Gasteiger partial charge in [-0.05, 0) is 12.1 Å². The van der Waals surface area contributed by atoms with Gasteiger partial charge in [-0.3, -0.25) is 9.78 Å². The van der Waals surface area contributed by atoms with E-state index in [2.05, 4.69) is 10.3 Å². The fraction of sp³-hybridized carbons (Fsp3) is 0.455. The van der Waals surface area contributed by atoms with E-state index < -0.39 is 6.10 Å². The Morgan fingerprint density at radius 1 is 1.62 bits per heavy atom. The summed E-state index contributed by atoms with van der Waals surface area (Å²) in [4.78, 5) is 17.5. The fourth-order valence-electron chi connectivity index (χ4n) is 1.89. The lowest BCUT2D eigenvalue weighted by Gasteiger charge is -2.26. The van der Waals surface area contributed by atoms with Crippen molar-refractivity contribution in [2.24, 2.45) is 0 Å². The predicted octanol–water partition coefficient (Wildman–Crippen LogP) is -0.514. The molecule has 2 heterocycles. The first-order valence-corrected chi connectivity index (χ1v) is 5.26. The molecule has 1 saturated heterocycles. The lowest BCUT2D eigenvalue weighted by Crippen LogP contribution is -2.44. The molecule has 1 aromatic heterocycles. The number of carbonyl (C=O) groups is 1. The van der Waals surface area contributed by atoms with Crippen molar-refractivity contribution in [2.45, 2.75) is 12.1 Å². The predicted molar refractivity (Wildman–Crippen MR) is 59.0 cm³/mol. The van der Waals surface area contributed by atoms with E-state index in [9.17, 15) is 9.90 Å². The Morgan fingerprint density at radius 3 is 3.00 bits per heavy atom. The molecular formula is C11H15N3O2. The highest BCUT2D eigenvalue weighted by Crippen LogP contribution is 2.11. The van der Waals surface area contributed by atoms with E-state index in [4.69, 9.17) is 0 Å². The highest BCUT2D eigenvalue weighted by molar-refractivity contribution is 5.94. The van der Waals surface area contributed by atoms with Crippen molar-refractivity contribution in [3.63, 3.8) is 0 Å². The SMILES string of the molecule is CN(C(=O)c1cccnc1)C1CNCC1O. The average molecular weight is 221 g/mol. The smallest absolute Gasteiger partial charge is 0.255 e. The van der Waals surface area contributed by atoms with Crippen molar-refractivity contribution in [3.8, 4) is 0 Å². The number of nitrogens with one attached hydrogen (secondary N) is 1. The van der Waals surface area contributed by atoms with E-state index in [1.165, 1.54) is 6.20 Å². The molecule has 0 radical (unpaired) electrons. The van der Waals surface area contributed by atoms with Crippen LogP contribution in [0.3, 0.4) is 0 Å². The number of likely N-dealkylation sites (N-methyl/N-ethyl adjacent to an activating group) is 1. The number of hydrogen-bond donors (Lipinski definition) is 2. The number of β-amino-alcohol motifs (C(OH)–C–C–N with tert-alkyl or cyclic N) is 1. The van der Waals surface area contributed by atoms with Gasteiger partial charge in [0.05, 0.1) is 17.7 Å². The minimum absolute atomic E-state index is 0.110. The van der Waals surface area contributed by atoms with Gasteiger partial charge in [-0.25, -0.2) is 0 Å². The summed E-state index contributed by atoms with van der Waals surface area (Å²) in [5, 5.41) is 12.7. The number of carbonyl (C=O) groups excluding carboxylic acids is 1. The first kappa shape index (κ1) is 11.0. The number of amides is 1. The second-order valence-electron chi connectivity index (χ2n) is 3.95. The van der Waals surface area contributed by atoms with Crippen LogP contribution in [-0.2, 0) is 0 Å². The molecule has 1 fully saturated rings. The molecule has 5 heteroatoms.